The van der Waals surface area contributed by atoms with E-state index >= 15 is 0 Å². The van der Waals surface area contributed by atoms with Gasteiger partial charge in [0.1, 0.15) is 6.33 Å². The molecule has 0 saturated carbocycles. The van der Waals surface area contributed by atoms with Crippen LogP contribution < -0.4 is 9.80 Å². The zero-order valence-corrected chi connectivity index (χ0v) is 14.4. The molecule has 0 bridgehead atoms. The van der Waals surface area contributed by atoms with Crippen molar-refractivity contribution in [2.75, 3.05) is 49.2 Å². The SMILES string of the molecule is c1ncc(N2CCCC(Cc3ccc(N4CCOCC4)nn3)C2)cn1. The Morgan fingerprint density at radius 3 is 2.60 bits per heavy atom. The molecule has 0 aromatic carbocycles. The zero-order chi connectivity index (χ0) is 16.9. The van der Waals surface area contributed by atoms with Gasteiger partial charge in [-0.25, -0.2) is 9.97 Å². The zero-order valence-electron chi connectivity index (χ0n) is 14.4. The molecule has 2 saturated heterocycles. The lowest BCUT2D eigenvalue weighted by molar-refractivity contribution is 0.122. The number of nitrogens with zero attached hydrogens (tertiary/aromatic N) is 6. The summed E-state index contributed by atoms with van der Waals surface area (Å²) in [5.41, 5.74) is 2.19. The fourth-order valence-electron chi connectivity index (χ4n) is 3.64. The highest BCUT2D eigenvalue weighted by molar-refractivity contribution is 5.42. The van der Waals surface area contributed by atoms with Crippen LogP contribution in [0.2, 0.25) is 0 Å². The molecule has 4 rings (SSSR count). The largest absolute Gasteiger partial charge is 0.378 e. The van der Waals surface area contributed by atoms with Gasteiger partial charge in [-0.3, -0.25) is 0 Å². The van der Waals surface area contributed by atoms with Crippen molar-refractivity contribution in [3.8, 4) is 0 Å². The van der Waals surface area contributed by atoms with E-state index in [0.717, 1.165) is 63.0 Å². The fraction of sp³-hybridized carbons (Fsp3) is 0.556. The monoisotopic (exact) mass is 340 g/mol. The first kappa shape index (κ1) is 16.2. The van der Waals surface area contributed by atoms with E-state index in [0.29, 0.717) is 5.92 Å². The van der Waals surface area contributed by atoms with Gasteiger partial charge in [-0.15, -0.1) is 5.10 Å². The smallest absolute Gasteiger partial charge is 0.151 e. The Labute approximate surface area is 148 Å². The van der Waals surface area contributed by atoms with Crippen LogP contribution in [0.3, 0.4) is 0 Å². The maximum atomic E-state index is 5.39. The van der Waals surface area contributed by atoms with E-state index in [9.17, 15) is 0 Å². The van der Waals surface area contributed by atoms with Crippen molar-refractivity contribution in [1.29, 1.82) is 0 Å². The Hall–Kier alpha value is -2.28. The summed E-state index contributed by atoms with van der Waals surface area (Å²) >= 11 is 0. The third-order valence-corrected chi connectivity index (χ3v) is 4.97. The number of hydrogen-bond donors (Lipinski definition) is 0. The molecule has 7 heteroatoms. The van der Waals surface area contributed by atoms with Gasteiger partial charge >= 0.3 is 0 Å². The minimum atomic E-state index is 0.595. The molecular formula is C18H24N6O. The van der Waals surface area contributed by atoms with Gasteiger partial charge in [-0.05, 0) is 37.3 Å². The van der Waals surface area contributed by atoms with Crippen molar-refractivity contribution in [3.05, 3.63) is 36.5 Å². The Bertz CT molecular complexity index is 659. The molecule has 2 aliphatic rings. The van der Waals surface area contributed by atoms with Crippen LogP contribution in [-0.4, -0.2) is 59.6 Å². The van der Waals surface area contributed by atoms with Gasteiger partial charge in [0.15, 0.2) is 5.82 Å². The van der Waals surface area contributed by atoms with E-state index in [1.807, 2.05) is 12.4 Å². The van der Waals surface area contributed by atoms with E-state index in [2.05, 4.69) is 42.1 Å². The maximum Gasteiger partial charge on any atom is 0.151 e. The Kier molecular flexibility index (Phi) is 5.01. The van der Waals surface area contributed by atoms with Crippen LogP contribution in [0.4, 0.5) is 11.5 Å². The Balaban J connectivity index is 1.36. The molecule has 7 nitrogen and oxygen atoms in total. The van der Waals surface area contributed by atoms with Crippen molar-refractivity contribution < 1.29 is 4.74 Å². The minimum Gasteiger partial charge on any atom is -0.378 e. The average molecular weight is 340 g/mol. The van der Waals surface area contributed by atoms with Crippen LogP contribution in [0, 0.1) is 5.92 Å². The van der Waals surface area contributed by atoms with Crippen LogP contribution in [0.15, 0.2) is 30.9 Å². The van der Waals surface area contributed by atoms with Crippen LogP contribution in [0.25, 0.3) is 0 Å². The molecule has 1 atom stereocenters. The maximum absolute atomic E-state index is 5.39. The Morgan fingerprint density at radius 1 is 1.00 bits per heavy atom. The van der Waals surface area contributed by atoms with Crippen LogP contribution in [-0.2, 0) is 11.2 Å². The lowest BCUT2D eigenvalue weighted by Gasteiger charge is -2.33. The summed E-state index contributed by atoms with van der Waals surface area (Å²) < 4.78 is 5.39. The van der Waals surface area contributed by atoms with Crippen molar-refractivity contribution in [2.24, 2.45) is 5.92 Å². The number of rotatable bonds is 4. The number of ether oxygens (including phenoxy) is 1. The van der Waals surface area contributed by atoms with E-state index in [-0.39, 0.29) is 0 Å². The molecule has 0 N–H and O–H groups in total. The predicted molar refractivity (Wildman–Crippen MR) is 95.7 cm³/mol. The highest BCUT2D eigenvalue weighted by atomic mass is 16.5. The van der Waals surface area contributed by atoms with E-state index in [1.54, 1.807) is 6.33 Å². The number of aromatic nitrogens is 4. The molecule has 4 heterocycles. The van der Waals surface area contributed by atoms with Crippen molar-refractivity contribution in [2.45, 2.75) is 19.3 Å². The van der Waals surface area contributed by atoms with Gasteiger partial charge in [-0.2, -0.15) is 5.10 Å². The summed E-state index contributed by atoms with van der Waals surface area (Å²) in [5, 5.41) is 8.90. The van der Waals surface area contributed by atoms with Crippen LogP contribution in [0.5, 0.6) is 0 Å². The van der Waals surface area contributed by atoms with E-state index < -0.39 is 0 Å². The van der Waals surface area contributed by atoms with Gasteiger partial charge in [-0.1, -0.05) is 0 Å². The molecule has 2 aromatic heterocycles. The average Bonchev–Trinajstić information content (AvgIpc) is 2.70. The molecule has 0 aliphatic carbocycles. The van der Waals surface area contributed by atoms with Gasteiger partial charge in [0.25, 0.3) is 0 Å². The molecule has 2 aromatic rings. The molecule has 2 fully saturated rings. The summed E-state index contributed by atoms with van der Waals surface area (Å²) in [5.74, 6) is 1.55. The van der Waals surface area contributed by atoms with E-state index in [1.165, 1.54) is 12.8 Å². The summed E-state index contributed by atoms with van der Waals surface area (Å²) in [6.07, 6.45) is 8.77. The summed E-state index contributed by atoms with van der Waals surface area (Å²) in [7, 11) is 0. The van der Waals surface area contributed by atoms with Crippen molar-refractivity contribution in [1.82, 2.24) is 20.2 Å². The molecule has 2 aliphatic heterocycles. The second kappa shape index (κ2) is 7.74. The third kappa shape index (κ3) is 4.04. The summed E-state index contributed by atoms with van der Waals surface area (Å²) in [4.78, 5) is 12.9. The van der Waals surface area contributed by atoms with E-state index in [4.69, 9.17) is 4.74 Å². The summed E-state index contributed by atoms with van der Waals surface area (Å²) in [6, 6.07) is 4.22. The Morgan fingerprint density at radius 2 is 1.84 bits per heavy atom. The lowest BCUT2D eigenvalue weighted by Crippen LogP contribution is -2.37. The number of morpholine rings is 1. The molecule has 0 amide bonds. The highest BCUT2D eigenvalue weighted by Crippen LogP contribution is 2.24. The van der Waals surface area contributed by atoms with Crippen molar-refractivity contribution >= 4 is 11.5 Å². The molecule has 25 heavy (non-hydrogen) atoms. The fourth-order valence-corrected chi connectivity index (χ4v) is 3.64. The van der Waals surface area contributed by atoms with Gasteiger partial charge < -0.3 is 14.5 Å². The quantitative estimate of drug-likeness (QED) is 0.837. The first-order chi connectivity index (χ1) is 12.4. The minimum absolute atomic E-state index is 0.595. The molecule has 132 valence electrons. The highest BCUT2D eigenvalue weighted by Gasteiger charge is 2.21. The van der Waals surface area contributed by atoms with Gasteiger partial charge in [0.05, 0.1) is 37.0 Å². The first-order valence-electron chi connectivity index (χ1n) is 9.04. The first-order valence-corrected chi connectivity index (χ1v) is 9.04. The standard InChI is InChI=1S/C18H24N6O/c1-2-15(13-24(5-1)17-11-19-14-20-12-17)10-16-3-4-18(22-21-16)23-6-8-25-9-7-23/h3-4,11-12,14-15H,1-2,5-10,13H2. The number of hydrogen-bond acceptors (Lipinski definition) is 7. The normalized spacial score (nSPS) is 21.4. The lowest BCUT2D eigenvalue weighted by atomic mass is 9.93. The van der Waals surface area contributed by atoms with Crippen LogP contribution in [0.1, 0.15) is 18.5 Å². The topological polar surface area (TPSA) is 67.3 Å². The molecule has 1 unspecified atom stereocenters. The second-order valence-corrected chi connectivity index (χ2v) is 6.74. The number of piperidine rings is 1. The summed E-state index contributed by atoms with van der Waals surface area (Å²) in [6.45, 7) is 5.43. The van der Waals surface area contributed by atoms with Gasteiger partial charge in [0, 0.05) is 26.2 Å². The molecular weight excluding hydrogens is 316 g/mol. The molecule has 0 spiro atoms. The van der Waals surface area contributed by atoms with Gasteiger partial charge in [0.2, 0.25) is 0 Å². The number of anilines is 2. The third-order valence-electron chi connectivity index (χ3n) is 4.97. The second-order valence-electron chi connectivity index (χ2n) is 6.74. The predicted octanol–water partition coefficient (Wildman–Crippen LogP) is 1.56. The molecule has 0 radical (unpaired) electrons. The van der Waals surface area contributed by atoms with Crippen LogP contribution >= 0.6 is 0 Å². The van der Waals surface area contributed by atoms with Crippen molar-refractivity contribution in [3.63, 3.8) is 0 Å².